The highest BCUT2D eigenvalue weighted by Gasteiger charge is 2.19. The van der Waals surface area contributed by atoms with Crippen molar-refractivity contribution in [1.29, 1.82) is 0 Å². The maximum Gasteiger partial charge on any atom is 0.272 e. The van der Waals surface area contributed by atoms with Gasteiger partial charge in [-0.1, -0.05) is 12.1 Å². The lowest BCUT2D eigenvalue weighted by atomic mass is 10.1. The zero-order valence-corrected chi connectivity index (χ0v) is 13.5. The molecule has 1 aliphatic rings. The van der Waals surface area contributed by atoms with Crippen LogP contribution in [0.3, 0.4) is 0 Å². The van der Waals surface area contributed by atoms with E-state index < -0.39 is 0 Å². The lowest BCUT2D eigenvalue weighted by Crippen LogP contribution is -2.36. The molecule has 1 saturated heterocycles. The maximum atomic E-state index is 12.9. The predicted molar refractivity (Wildman–Crippen MR) is 90.4 cm³/mol. The highest BCUT2D eigenvalue weighted by Crippen LogP contribution is 2.12. The number of anilines is 1. The molecule has 0 bridgehead atoms. The molecule has 1 N–H and O–H groups in total. The fourth-order valence-electron chi connectivity index (χ4n) is 2.79. The van der Waals surface area contributed by atoms with E-state index >= 15 is 0 Å². The first-order valence-electron chi connectivity index (χ1n) is 8.33. The third-order valence-electron chi connectivity index (χ3n) is 4.13. The summed E-state index contributed by atoms with van der Waals surface area (Å²) in [4.78, 5) is 22.8. The summed E-state index contributed by atoms with van der Waals surface area (Å²) in [6.07, 6.45) is 5.63. The van der Waals surface area contributed by atoms with Crippen molar-refractivity contribution in [3.63, 3.8) is 0 Å². The molecular weight excluding hydrogens is 307 g/mol. The predicted octanol–water partition coefficient (Wildman–Crippen LogP) is 2.90. The van der Waals surface area contributed by atoms with Crippen molar-refractivity contribution in [2.45, 2.75) is 25.7 Å². The second-order valence-electron chi connectivity index (χ2n) is 5.92. The summed E-state index contributed by atoms with van der Waals surface area (Å²) in [7, 11) is 0. The molecule has 0 spiro atoms. The van der Waals surface area contributed by atoms with Gasteiger partial charge >= 0.3 is 0 Å². The second-order valence-corrected chi connectivity index (χ2v) is 5.92. The van der Waals surface area contributed by atoms with Gasteiger partial charge in [0.2, 0.25) is 5.95 Å². The minimum atomic E-state index is -0.237. The Morgan fingerprint density at radius 2 is 1.88 bits per heavy atom. The van der Waals surface area contributed by atoms with Crippen LogP contribution in [0.2, 0.25) is 0 Å². The Bertz CT molecular complexity index is 684. The molecule has 0 aliphatic carbocycles. The van der Waals surface area contributed by atoms with Crippen LogP contribution >= 0.6 is 0 Å². The number of rotatable bonds is 5. The number of benzene rings is 1. The van der Waals surface area contributed by atoms with Crippen LogP contribution in [0.25, 0.3) is 0 Å². The minimum absolute atomic E-state index is 0.0290. The van der Waals surface area contributed by atoms with Crippen molar-refractivity contribution in [2.75, 3.05) is 25.0 Å². The zero-order valence-electron chi connectivity index (χ0n) is 13.5. The van der Waals surface area contributed by atoms with Crippen molar-refractivity contribution >= 4 is 11.9 Å². The summed E-state index contributed by atoms with van der Waals surface area (Å²) in [5, 5.41) is 3.12. The van der Waals surface area contributed by atoms with E-state index in [1.165, 1.54) is 18.6 Å². The van der Waals surface area contributed by atoms with E-state index in [0.717, 1.165) is 37.9 Å². The van der Waals surface area contributed by atoms with Gasteiger partial charge in [0.15, 0.2) is 0 Å². The van der Waals surface area contributed by atoms with E-state index in [-0.39, 0.29) is 11.7 Å². The minimum Gasteiger partial charge on any atom is -0.354 e. The number of likely N-dealkylation sites (tertiary alicyclic amines) is 1. The number of nitrogens with zero attached hydrogens (tertiary/aromatic N) is 3. The molecule has 126 valence electrons. The van der Waals surface area contributed by atoms with Crippen LogP contribution in [0.5, 0.6) is 0 Å². The normalized spacial score (nSPS) is 14.5. The molecule has 1 fully saturated rings. The highest BCUT2D eigenvalue weighted by atomic mass is 19.1. The fourth-order valence-corrected chi connectivity index (χ4v) is 2.79. The van der Waals surface area contributed by atoms with Gasteiger partial charge in [0, 0.05) is 25.8 Å². The highest BCUT2D eigenvalue weighted by molar-refractivity contribution is 5.92. The van der Waals surface area contributed by atoms with Gasteiger partial charge < -0.3 is 10.2 Å². The summed E-state index contributed by atoms with van der Waals surface area (Å²) < 4.78 is 12.9. The van der Waals surface area contributed by atoms with Gasteiger partial charge in [-0.05, 0) is 49.4 Å². The van der Waals surface area contributed by atoms with Crippen molar-refractivity contribution in [3.8, 4) is 0 Å². The number of aromatic nitrogens is 2. The van der Waals surface area contributed by atoms with E-state index in [1.807, 2.05) is 4.90 Å². The van der Waals surface area contributed by atoms with Crippen LogP contribution in [-0.2, 0) is 6.42 Å². The van der Waals surface area contributed by atoms with Gasteiger partial charge in [0.1, 0.15) is 11.5 Å². The molecule has 5 nitrogen and oxygen atoms in total. The number of amides is 1. The maximum absolute atomic E-state index is 12.9. The van der Waals surface area contributed by atoms with Crippen molar-refractivity contribution in [3.05, 3.63) is 53.6 Å². The van der Waals surface area contributed by atoms with Gasteiger partial charge in [-0.15, -0.1) is 0 Å². The van der Waals surface area contributed by atoms with Crippen molar-refractivity contribution < 1.29 is 9.18 Å². The molecule has 0 radical (unpaired) electrons. The molecule has 24 heavy (non-hydrogen) atoms. The van der Waals surface area contributed by atoms with Crippen molar-refractivity contribution in [1.82, 2.24) is 14.9 Å². The van der Waals surface area contributed by atoms with E-state index in [1.54, 1.807) is 24.4 Å². The number of carbonyl (C=O) groups is 1. The van der Waals surface area contributed by atoms with E-state index in [2.05, 4.69) is 15.3 Å². The van der Waals surface area contributed by atoms with Crippen LogP contribution in [0.1, 0.15) is 35.3 Å². The average molecular weight is 328 g/mol. The largest absolute Gasteiger partial charge is 0.354 e. The van der Waals surface area contributed by atoms with Crippen LogP contribution in [-0.4, -0.2) is 40.4 Å². The lowest BCUT2D eigenvalue weighted by molar-refractivity contribution is 0.0718. The van der Waals surface area contributed by atoms with Gasteiger partial charge in [-0.2, -0.15) is 0 Å². The number of piperidine rings is 1. The Morgan fingerprint density at radius 1 is 1.12 bits per heavy atom. The SMILES string of the molecule is O=C(c1ccnc(NCCc2ccc(F)cc2)n1)N1CCCCC1. The summed E-state index contributed by atoms with van der Waals surface area (Å²) in [5.74, 6) is 0.178. The fraction of sp³-hybridized carbons (Fsp3) is 0.389. The number of carbonyl (C=O) groups excluding carboxylic acids is 1. The third-order valence-corrected chi connectivity index (χ3v) is 4.13. The first-order valence-corrected chi connectivity index (χ1v) is 8.33. The van der Waals surface area contributed by atoms with Crippen LogP contribution < -0.4 is 5.32 Å². The molecule has 3 rings (SSSR count). The van der Waals surface area contributed by atoms with Gasteiger partial charge in [0.25, 0.3) is 5.91 Å². The molecule has 0 unspecified atom stereocenters. The number of hydrogen-bond donors (Lipinski definition) is 1. The van der Waals surface area contributed by atoms with E-state index in [0.29, 0.717) is 18.2 Å². The first kappa shape index (κ1) is 16.4. The summed E-state index contributed by atoms with van der Waals surface area (Å²) in [6, 6.07) is 8.07. The van der Waals surface area contributed by atoms with Gasteiger partial charge in [-0.25, -0.2) is 14.4 Å². The summed E-state index contributed by atoms with van der Waals surface area (Å²) in [6.45, 7) is 2.22. The Hall–Kier alpha value is -2.50. The Morgan fingerprint density at radius 3 is 2.62 bits per heavy atom. The summed E-state index contributed by atoms with van der Waals surface area (Å²) >= 11 is 0. The van der Waals surface area contributed by atoms with Crippen molar-refractivity contribution in [2.24, 2.45) is 0 Å². The van der Waals surface area contributed by atoms with Crippen LogP contribution in [0.4, 0.5) is 10.3 Å². The first-order chi connectivity index (χ1) is 11.7. The second kappa shape index (κ2) is 7.86. The lowest BCUT2D eigenvalue weighted by Gasteiger charge is -2.26. The topological polar surface area (TPSA) is 58.1 Å². The average Bonchev–Trinajstić information content (AvgIpc) is 2.64. The molecule has 1 aromatic heterocycles. The Labute approximate surface area is 140 Å². The molecule has 0 atom stereocenters. The monoisotopic (exact) mass is 328 g/mol. The van der Waals surface area contributed by atoms with E-state index in [4.69, 9.17) is 0 Å². The Kier molecular flexibility index (Phi) is 5.36. The van der Waals surface area contributed by atoms with Gasteiger partial charge in [0.05, 0.1) is 0 Å². The molecule has 6 heteroatoms. The summed E-state index contributed by atoms with van der Waals surface area (Å²) in [5.41, 5.74) is 1.46. The molecular formula is C18H21FN4O. The molecule has 2 aromatic rings. The van der Waals surface area contributed by atoms with Gasteiger partial charge in [-0.3, -0.25) is 4.79 Å². The third kappa shape index (κ3) is 4.28. The number of hydrogen-bond acceptors (Lipinski definition) is 4. The molecule has 1 aliphatic heterocycles. The zero-order chi connectivity index (χ0) is 16.8. The molecule has 1 aromatic carbocycles. The van der Waals surface area contributed by atoms with Crippen LogP contribution in [0.15, 0.2) is 36.5 Å². The number of halogens is 1. The Balaban J connectivity index is 1.56. The molecule has 1 amide bonds. The number of nitrogens with one attached hydrogen (secondary N) is 1. The standard InChI is InChI=1S/C18H21FN4O/c19-15-6-4-14(5-7-15)8-10-20-18-21-11-9-16(22-18)17(24)23-12-2-1-3-13-23/h4-7,9,11H,1-3,8,10,12-13H2,(H,20,21,22). The van der Waals surface area contributed by atoms with Crippen LogP contribution in [0, 0.1) is 5.82 Å². The van der Waals surface area contributed by atoms with E-state index in [9.17, 15) is 9.18 Å². The quantitative estimate of drug-likeness (QED) is 0.917. The molecule has 0 saturated carbocycles. The smallest absolute Gasteiger partial charge is 0.272 e. The molecule has 2 heterocycles.